The van der Waals surface area contributed by atoms with Gasteiger partial charge in [0.05, 0.1) is 12.2 Å². The first-order valence-corrected chi connectivity index (χ1v) is 7.56. The van der Waals surface area contributed by atoms with Gasteiger partial charge in [-0.3, -0.25) is 0 Å². The van der Waals surface area contributed by atoms with Crippen molar-refractivity contribution in [3.05, 3.63) is 30.3 Å². The Morgan fingerprint density at radius 3 is 2.44 bits per heavy atom. The molecule has 0 spiro atoms. The topological polar surface area (TPSA) is 29.5 Å². The second-order valence-electron chi connectivity index (χ2n) is 5.09. The summed E-state index contributed by atoms with van der Waals surface area (Å²) in [6.07, 6.45) is 0.863. The van der Waals surface area contributed by atoms with E-state index in [1.807, 2.05) is 18.2 Å². The van der Waals surface area contributed by atoms with Gasteiger partial charge >= 0.3 is 0 Å². The summed E-state index contributed by atoms with van der Waals surface area (Å²) in [7, 11) is 0. The van der Waals surface area contributed by atoms with Gasteiger partial charge in [-0.25, -0.2) is 0 Å². The molecule has 3 heteroatoms. The van der Waals surface area contributed by atoms with Gasteiger partial charge in [0.25, 0.3) is 0 Å². The van der Waals surface area contributed by atoms with Crippen LogP contribution < -0.4 is 0 Å². The van der Waals surface area contributed by atoms with Crippen LogP contribution in [-0.4, -0.2) is 22.8 Å². The standard InChI is InChI=1S/C15H22O2S/c1-4-13-10(2)11(3)14(16)15(17-13)18-12-8-6-5-7-9-12/h5-11,13-16H,4H2,1-3H3/t10-,11+,13?,14?,15+/m0/s1. The second-order valence-corrected chi connectivity index (χ2v) is 6.26. The Morgan fingerprint density at radius 1 is 1.17 bits per heavy atom. The van der Waals surface area contributed by atoms with Crippen LogP contribution >= 0.6 is 11.8 Å². The number of hydrogen-bond acceptors (Lipinski definition) is 3. The maximum absolute atomic E-state index is 10.3. The van der Waals surface area contributed by atoms with Crippen LogP contribution in [0.15, 0.2) is 35.2 Å². The first kappa shape index (κ1) is 13.9. The maximum atomic E-state index is 10.3. The van der Waals surface area contributed by atoms with Gasteiger partial charge in [-0.15, -0.1) is 0 Å². The van der Waals surface area contributed by atoms with Crippen molar-refractivity contribution in [3.63, 3.8) is 0 Å². The summed E-state index contributed by atoms with van der Waals surface area (Å²) in [5, 5.41) is 10.3. The Balaban J connectivity index is 2.08. The number of aliphatic hydroxyl groups excluding tert-OH is 1. The molecule has 5 atom stereocenters. The maximum Gasteiger partial charge on any atom is 0.134 e. The summed E-state index contributed by atoms with van der Waals surface area (Å²) in [4.78, 5) is 1.15. The third kappa shape index (κ3) is 2.90. The molecule has 1 saturated heterocycles. The van der Waals surface area contributed by atoms with Crippen molar-refractivity contribution in [1.82, 2.24) is 0 Å². The Bertz CT molecular complexity index is 366. The zero-order valence-corrected chi connectivity index (χ0v) is 12.1. The van der Waals surface area contributed by atoms with Gasteiger partial charge in [0, 0.05) is 4.90 Å². The monoisotopic (exact) mass is 266 g/mol. The third-order valence-corrected chi connectivity index (χ3v) is 5.11. The molecule has 1 heterocycles. The molecule has 2 rings (SSSR count). The zero-order chi connectivity index (χ0) is 13.1. The fourth-order valence-electron chi connectivity index (χ4n) is 2.47. The summed E-state index contributed by atoms with van der Waals surface area (Å²) >= 11 is 1.63. The van der Waals surface area contributed by atoms with E-state index in [9.17, 15) is 5.11 Å². The molecule has 2 nitrogen and oxygen atoms in total. The molecule has 1 aliphatic heterocycles. The van der Waals surface area contributed by atoms with E-state index < -0.39 is 6.10 Å². The number of rotatable bonds is 3. The summed E-state index contributed by atoms with van der Waals surface area (Å²) in [5.41, 5.74) is -0.149. The molecule has 1 aromatic carbocycles. The molecule has 1 aromatic rings. The van der Waals surface area contributed by atoms with Crippen LogP contribution in [0.5, 0.6) is 0 Å². The average molecular weight is 266 g/mol. The predicted octanol–water partition coefficient (Wildman–Crippen LogP) is 3.55. The molecule has 2 unspecified atom stereocenters. The SMILES string of the molecule is CCC1O[C@H](Sc2ccccc2)C(O)[C@H](C)[C@@H]1C. The normalized spacial score (nSPS) is 36.6. The van der Waals surface area contributed by atoms with Crippen LogP contribution in [0.2, 0.25) is 0 Å². The van der Waals surface area contributed by atoms with E-state index in [0.29, 0.717) is 5.92 Å². The fraction of sp³-hybridized carbons (Fsp3) is 0.600. The first-order valence-electron chi connectivity index (χ1n) is 6.68. The summed E-state index contributed by atoms with van der Waals surface area (Å²) in [6, 6.07) is 10.2. The molecule has 1 aliphatic rings. The van der Waals surface area contributed by atoms with Crippen molar-refractivity contribution in [2.24, 2.45) is 11.8 Å². The van der Waals surface area contributed by atoms with E-state index in [0.717, 1.165) is 11.3 Å². The minimum absolute atomic E-state index is 0.149. The zero-order valence-electron chi connectivity index (χ0n) is 11.2. The Labute approximate surface area is 114 Å². The molecule has 18 heavy (non-hydrogen) atoms. The molecule has 0 saturated carbocycles. The fourth-order valence-corrected chi connectivity index (χ4v) is 3.64. The average Bonchev–Trinajstić information content (AvgIpc) is 2.40. The summed E-state index contributed by atoms with van der Waals surface area (Å²) in [5.74, 6) is 0.697. The van der Waals surface area contributed by atoms with Gasteiger partial charge < -0.3 is 9.84 Å². The van der Waals surface area contributed by atoms with Gasteiger partial charge in [0.2, 0.25) is 0 Å². The third-order valence-electron chi connectivity index (χ3n) is 3.94. The molecule has 0 aromatic heterocycles. The van der Waals surface area contributed by atoms with E-state index in [4.69, 9.17) is 4.74 Å². The molecule has 1 fully saturated rings. The highest BCUT2D eigenvalue weighted by molar-refractivity contribution is 7.99. The number of benzene rings is 1. The van der Waals surface area contributed by atoms with Crippen LogP contribution in [0, 0.1) is 11.8 Å². The molecular weight excluding hydrogens is 244 g/mol. The van der Waals surface area contributed by atoms with Crippen molar-refractivity contribution in [3.8, 4) is 0 Å². The molecule has 0 amide bonds. The largest absolute Gasteiger partial charge is 0.389 e. The first-order chi connectivity index (χ1) is 8.63. The molecule has 0 bridgehead atoms. The van der Waals surface area contributed by atoms with Gasteiger partial charge in [-0.05, 0) is 30.4 Å². The Kier molecular flexibility index (Phi) is 4.71. The van der Waals surface area contributed by atoms with E-state index >= 15 is 0 Å². The van der Waals surface area contributed by atoms with Crippen LogP contribution in [0.1, 0.15) is 27.2 Å². The van der Waals surface area contributed by atoms with Crippen LogP contribution in [0.3, 0.4) is 0 Å². The van der Waals surface area contributed by atoms with Crippen molar-refractivity contribution < 1.29 is 9.84 Å². The Morgan fingerprint density at radius 2 is 1.83 bits per heavy atom. The van der Waals surface area contributed by atoms with Crippen LogP contribution in [0.4, 0.5) is 0 Å². The quantitative estimate of drug-likeness (QED) is 0.907. The highest BCUT2D eigenvalue weighted by Crippen LogP contribution is 2.38. The lowest BCUT2D eigenvalue weighted by Crippen LogP contribution is -2.47. The molecule has 100 valence electrons. The van der Waals surface area contributed by atoms with E-state index in [-0.39, 0.29) is 17.5 Å². The highest BCUT2D eigenvalue weighted by Gasteiger charge is 2.40. The van der Waals surface area contributed by atoms with Crippen LogP contribution in [-0.2, 0) is 4.74 Å². The molecule has 1 N–H and O–H groups in total. The molecular formula is C15H22O2S. The lowest BCUT2D eigenvalue weighted by molar-refractivity contribution is -0.133. The van der Waals surface area contributed by atoms with Crippen molar-refractivity contribution >= 4 is 11.8 Å². The van der Waals surface area contributed by atoms with E-state index in [1.54, 1.807) is 11.8 Å². The van der Waals surface area contributed by atoms with Gasteiger partial charge in [0.15, 0.2) is 0 Å². The highest BCUT2D eigenvalue weighted by atomic mass is 32.2. The van der Waals surface area contributed by atoms with Crippen molar-refractivity contribution in [1.29, 1.82) is 0 Å². The lowest BCUT2D eigenvalue weighted by Gasteiger charge is -2.42. The predicted molar refractivity (Wildman–Crippen MR) is 75.6 cm³/mol. The summed E-state index contributed by atoms with van der Waals surface area (Å²) < 4.78 is 6.05. The number of ether oxygens (including phenoxy) is 1. The number of aliphatic hydroxyl groups is 1. The van der Waals surface area contributed by atoms with Crippen LogP contribution in [0.25, 0.3) is 0 Å². The van der Waals surface area contributed by atoms with Crippen molar-refractivity contribution in [2.75, 3.05) is 0 Å². The van der Waals surface area contributed by atoms with E-state index in [2.05, 4.69) is 32.9 Å². The minimum atomic E-state index is -0.395. The molecule has 0 aliphatic carbocycles. The second kappa shape index (κ2) is 6.09. The smallest absolute Gasteiger partial charge is 0.134 e. The minimum Gasteiger partial charge on any atom is -0.389 e. The van der Waals surface area contributed by atoms with Gasteiger partial charge in [-0.1, -0.05) is 50.7 Å². The van der Waals surface area contributed by atoms with Gasteiger partial charge in [0.1, 0.15) is 5.44 Å². The van der Waals surface area contributed by atoms with Crippen molar-refractivity contribution in [2.45, 2.75) is 49.7 Å². The number of hydrogen-bond donors (Lipinski definition) is 1. The number of thioether (sulfide) groups is 1. The Hall–Kier alpha value is -0.510. The van der Waals surface area contributed by atoms with Gasteiger partial charge in [-0.2, -0.15) is 0 Å². The molecule has 0 radical (unpaired) electrons. The van der Waals surface area contributed by atoms with E-state index in [1.165, 1.54) is 0 Å². The lowest BCUT2D eigenvalue weighted by atomic mass is 9.83. The summed E-state index contributed by atoms with van der Waals surface area (Å²) in [6.45, 7) is 6.44.